The van der Waals surface area contributed by atoms with Crippen LogP contribution >= 0.6 is 0 Å². The van der Waals surface area contributed by atoms with Gasteiger partial charge in [-0.25, -0.2) is 0 Å². The molecule has 3 N–H and O–H groups in total. The molecule has 1 atom stereocenters. The molecule has 1 aromatic rings. The number of hydrogen-bond acceptors (Lipinski definition) is 3. The monoisotopic (exact) mass is 252 g/mol. The van der Waals surface area contributed by atoms with Crippen LogP contribution in [0.2, 0.25) is 0 Å². The molecule has 0 heterocycles. The van der Waals surface area contributed by atoms with Gasteiger partial charge >= 0.3 is 0 Å². The Morgan fingerprint density at radius 1 is 1.06 bits per heavy atom. The van der Waals surface area contributed by atoms with Gasteiger partial charge in [-0.05, 0) is 58.6 Å². The summed E-state index contributed by atoms with van der Waals surface area (Å²) < 4.78 is 0. The lowest BCUT2D eigenvalue weighted by molar-refractivity contribution is 0.0257. The van der Waals surface area contributed by atoms with Crippen molar-refractivity contribution in [1.82, 2.24) is 0 Å². The molecule has 0 aliphatic rings. The van der Waals surface area contributed by atoms with Gasteiger partial charge in [0, 0.05) is 5.56 Å². The molecule has 0 bridgehead atoms. The van der Waals surface area contributed by atoms with Gasteiger partial charge in [0.1, 0.15) is 5.75 Å². The molecule has 1 aromatic carbocycles. The van der Waals surface area contributed by atoms with Gasteiger partial charge in [0.25, 0.3) is 0 Å². The summed E-state index contributed by atoms with van der Waals surface area (Å²) in [6.07, 6.45) is 1.83. The van der Waals surface area contributed by atoms with Crippen LogP contribution in [0.4, 0.5) is 0 Å². The van der Waals surface area contributed by atoms with Gasteiger partial charge in [-0.2, -0.15) is 0 Å². The van der Waals surface area contributed by atoms with Gasteiger partial charge in [-0.3, -0.25) is 0 Å². The van der Waals surface area contributed by atoms with Crippen molar-refractivity contribution in [1.29, 1.82) is 0 Å². The van der Waals surface area contributed by atoms with E-state index in [2.05, 4.69) is 0 Å². The maximum absolute atomic E-state index is 10.4. The number of benzene rings is 1. The fraction of sp³-hybridized carbons (Fsp3) is 0.600. The molecule has 0 radical (unpaired) electrons. The first-order valence-corrected chi connectivity index (χ1v) is 6.37. The van der Waals surface area contributed by atoms with Gasteiger partial charge in [0.05, 0.1) is 11.2 Å². The van der Waals surface area contributed by atoms with Crippen LogP contribution in [-0.2, 0) is 5.60 Å². The minimum atomic E-state index is -1.07. The van der Waals surface area contributed by atoms with Crippen LogP contribution in [0.5, 0.6) is 5.75 Å². The molecule has 0 saturated heterocycles. The minimum absolute atomic E-state index is 0.128. The van der Waals surface area contributed by atoms with Crippen molar-refractivity contribution in [3.05, 3.63) is 29.3 Å². The summed E-state index contributed by atoms with van der Waals surface area (Å²) in [6, 6.07) is 5.29. The van der Waals surface area contributed by atoms with E-state index in [0.29, 0.717) is 24.8 Å². The van der Waals surface area contributed by atoms with Crippen LogP contribution in [0.25, 0.3) is 0 Å². The van der Waals surface area contributed by atoms with Crippen molar-refractivity contribution in [2.45, 2.75) is 58.2 Å². The first-order chi connectivity index (χ1) is 8.12. The lowest BCUT2D eigenvalue weighted by Crippen LogP contribution is -2.24. The van der Waals surface area contributed by atoms with E-state index in [9.17, 15) is 15.3 Å². The van der Waals surface area contributed by atoms with Crippen LogP contribution in [0.1, 0.15) is 51.2 Å². The van der Waals surface area contributed by atoms with E-state index in [1.807, 2.05) is 13.0 Å². The molecular weight excluding hydrogens is 228 g/mol. The lowest BCUT2D eigenvalue weighted by Gasteiger charge is -2.26. The predicted octanol–water partition coefficient (Wildman–Crippen LogP) is 2.85. The molecule has 3 heteroatoms. The van der Waals surface area contributed by atoms with Gasteiger partial charge in [-0.1, -0.05) is 12.1 Å². The molecule has 0 aromatic heterocycles. The Morgan fingerprint density at radius 2 is 1.67 bits per heavy atom. The van der Waals surface area contributed by atoms with E-state index >= 15 is 0 Å². The number of phenolic OH excluding ortho intramolecular Hbond substituents is 1. The number of aliphatic hydroxyl groups is 2. The van der Waals surface area contributed by atoms with Crippen molar-refractivity contribution >= 4 is 0 Å². The highest BCUT2D eigenvalue weighted by Crippen LogP contribution is 2.34. The molecule has 18 heavy (non-hydrogen) atoms. The summed E-state index contributed by atoms with van der Waals surface area (Å²) in [5.74, 6) is 0.128. The van der Waals surface area contributed by atoms with Crippen molar-refractivity contribution in [2.24, 2.45) is 0 Å². The van der Waals surface area contributed by atoms with Crippen molar-refractivity contribution in [2.75, 3.05) is 0 Å². The fourth-order valence-corrected chi connectivity index (χ4v) is 2.10. The summed E-state index contributed by atoms with van der Waals surface area (Å²) in [6.45, 7) is 7.10. The molecular formula is C15H24O3. The summed E-state index contributed by atoms with van der Waals surface area (Å²) in [5, 5.41) is 29.9. The molecule has 0 aliphatic carbocycles. The average Bonchev–Trinajstić information content (AvgIpc) is 2.13. The maximum atomic E-state index is 10.4. The molecule has 0 spiro atoms. The van der Waals surface area contributed by atoms with Crippen LogP contribution in [-0.4, -0.2) is 20.9 Å². The highest BCUT2D eigenvalue weighted by molar-refractivity contribution is 5.39. The Balaban J connectivity index is 2.73. The van der Waals surface area contributed by atoms with Gasteiger partial charge < -0.3 is 15.3 Å². The zero-order valence-electron chi connectivity index (χ0n) is 11.7. The van der Waals surface area contributed by atoms with Crippen LogP contribution < -0.4 is 0 Å². The number of phenols is 1. The topological polar surface area (TPSA) is 60.7 Å². The van der Waals surface area contributed by atoms with E-state index in [1.54, 1.807) is 32.9 Å². The standard InChI is InChI=1S/C15H24O3/c1-11-6-7-12(13(16)10-11)15(4,18)9-5-8-14(2,3)17/h6-7,10,16-18H,5,8-9H2,1-4H3. The van der Waals surface area contributed by atoms with Crippen molar-refractivity contribution in [3.8, 4) is 5.75 Å². The van der Waals surface area contributed by atoms with Gasteiger partial charge in [0.15, 0.2) is 0 Å². The first-order valence-electron chi connectivity index (χ1n) is 6.37. The third-order valence-electron chi connectivity index (χ3n) is 3.19. The average molecular weight is 252 g/mol. The Morgan fingerprint density at radius 3 is 2.17 bits per heavy atom. The number of rotatable bonds is 5. The van der Waals surface area contributed by atoms with Gasteiger partial charge in [-0.15, -0.1) is 0 Å². The molecule has 0 saturated carbocycles. The highest BCUT2D eigenvalue weighted by atomic mass is 16.3. The first kappa shape index (κ1) is 15.0. The van der Waals surface area contributed by atoms with Crippen LogP contribution in [0.3, 0.4) is 0 Å². The third-order valence-corrected chi connectivity index (χ3v) is 3.19. The highest BCUT2D eigenvalue weighted by Gasteiger charge is 2.26. The maximum Gasteiger partial charge on any atom is 0.121 e. The molecule has 1 rings (SSSR count). The molecule has 3 nitrogen and oxygen atoms in total. The summed E-state index contributed by atoms with van der Waals surface area (Å²) >= 11 is 0. The van der Waals surface area contributed by atoms with Crippen LogP contribution in [0.15, 0.2) is 18.2 Å². The smallest absolute Gasteiger partial charge is 0.121 e. The number of hydrogen-bond donors (Lipinski definition) is 3. The Bertz CT molecular complexity index is 403. The van der Waals surface area contributed by atoms with Crippen LogP contribution in [0, 0.1) is 6.92 Å². The predicted molar refractivity (Wildman–Crippen MR) is 72.6 cm³/mol. The summed E-state index contributed by atoms with van der Waals surface area (Å²) in [7, 11) is 0. The second-order valence-corrected chi connectivity index (χ2v) is 5.96. The lowest BCUT2D eigenvalue weighted by atomic mass is 9.87. The summed E-state index contributed by atoms with van der Waals surface area (Å²) in [5.41, 5.74) is -0.276. The van der Waals surface area contributed by atoms with E-state index < -0.39 is 11.2 Å². The molecule has 102 valence electrons. The fourth-order valence-electron chi connectivity index (χ4n) is 2.10. The molecule has 0 fully saturated rings. The molecule has 0 aliphatic heterocycles. The van der Waals surface area contributed by atoms with Gasteiger partial charge in [0.2, 0.25) is 0 Å². The second-order valence-electron chi connectivity index (χ2n) is 5.96. The van der Waals surface area contributed by atoms with E-state index in [0.717, 1.165) is 5.56 Å². The Hall–Kier alpha value is -1.06. The molecule has 1 unspecified atom stereocenters. The normalized spacial score (nSPS) is 15.4. The Labute approximate surface area is 109 Å². The summed E-state index contributed by atoms with van der Waals surface area (Å²) in [4.78, 5) is 0. The zero-order chi connectivity index (χ0) is 14.0. The number of aromatic hydroxyl groups is 1. The largest absolute Gasteiger partial charge is 0.508 e. The number of aryl methyl sites for hydroxylation is 1. The van der Waals surface area contributed by atoms with Crippen molar-refractivity contribution < 1.29 is 15.3 Å². The van der Waals surface area contributed by atoms with E-state index in [-0.39, 0.29) is 5.75 Å². The third kappa shape index (κ3) is 4.31. The molecule has 0 amide bonds. The zero-order valence-corrected chi connectivity index (χ0v) is 11.7. The SMILES string of the molecule is Cc1ccc(C(C)(O)CCCC(C)(C)O)c(O)c1. The van der Waals surface area contributed by atoms with Crippen molar-refractivity contribution in [3.63, 3.8) is 0 Å². The van der Waals surface area contributed by atoms with E-state index in [1.165, 1.54) is 0 Å². The Kier molecular flexibility index (Phi) is 4.41. The second kappa shape index (κ2) is 5.29. The van der Waals surface area contributed by atoms with E-state index in [4.69, 9.17) is 0 Å². The quantitative estimate of drug-likeness (QED) is 0.755. The minimum Gasteiger partial charge on any atom is -0.508 e.